The van der Waals surface area contributed by atoms with E-state index in [-0.39, 0.29) is 0 Å². The van der Waals surface area contributed by atoms with E-state index in [0.717, 1.165) is 23.8 Å². The Kier molecular flexibility index (Phi) is 4.55. The van der Waals surface area contributed by atoms with E-state index in [1.165, 1.54) is 44.9 Å². The van der Waals surface area contributed by atoms with Gasteiger partial charge in [-0.2, -0.15) is 0 Å². The quantitative estimate of drug-likeness (QED) is 0.534. The third-order valence-electron chi connectivity index (χ3n) is 13.2. The lowest BCUT2D eigenvalue weighted by Gasteiger charge is -2.64. The minimum atomic E-state index is 0.468. The molecule has 172 valence electrons. The van der Waals surface area contributed by atoms with Crippen LogP contribution in [-0.4, -0.2) is 50.1 Å². The molecule has 2 heteroatoms. The highest BCUT2D eigenvalue weighted by molar-refractivity contribution is 5.31. The smallest absolute Gasteiger partial charge is 0.0143 e. The van der Waals surface area contributed by atoms with Crippen molar-refractivity contribution < 1.29 is 0 Å². The monoisotopic (exact) mass is 414 g/mol. The zero-order chi connectivity index (χ0) is 21.9. The van der Waals surface area contributed by atoms with Crippen molar-refractivity contribution in [2.24, 2.45) is 44.8 Å². The summed E-state index contributed by atoms with van der Waals surface area (Å²) in [5.74, 6) is 2.82. The van der Waals surface area contributed by atoms with Crippen LogP contribution in [0.2, 0.25) is 0 Å². The summed E-state index contributed by atoms with van der Waals surface area (Å²) >= 11 is 0. The molecule has 9 atom stereocenters. The molecule has 5 rings (SSSR count). The summed E-state index contributed by atoms with van der Waals surface area (Å²) in [5.41, 5.74) is 2.97. The third kappa shape index (κ3) is 2.29. The summed E-state index contributed by atoms with van der Waals surface area (Å²) in [7, 11) is 9.27. The van der Waals surface area contributed by atoms with Crippen LogP contribution in [-0.2, 0) is 0 Å². The van der Waals surface area contributed by atoms with Gasteiger partial charge in [0.15, 0.2) is 0 Å². The fraction of sp³-hybridized carbons (Fsp3) is 1.00. The fourth-order valence-corrected chi connectivity index (χ4v) is 11.4. The average Bonchev–Trinajstić information content (AvgIpc) is 3.23. The van der Waals surface area contributed by atoms with Crippen molar-refractivity contribution in [3.8, 4) is 0 Å². The molecule has 0 radical (unpaired) electrons. The van der Waals surface area contributed by atoms with Crippen LogP contribution >= 0.6 is 0 Å². The van der Waals surface area contributed by atoms with Crippen molar-refractivity contribution in [3.63, 3.8) is 0 Å². The molecule has 30 heavy (non-hydrogen) atoms. The maximum Gasteiger partial charge on any atom is 0.0143 e. The number of rotatable bonds is 3. The molecule has 5 fully saturated rings. The molecule has 0 aromatic heterocycles. The molecule has 5 aliphatic carbocycles. The van der Waals surface area contributed by atoms with Crippen LogP contribution in [0.3, 0.4) is 0 Å². The first-order chi connectivity index (χ1) is 13.9. The van der Waals surface area contributed by atoms with E-state index < -0.39 is 0 Å². The molecule has 0 aliphatic heterocycles. The van der Waals surface area contributed by atoms with Crippen LogP contribution in [0.5, 0.6) is 0 Å². The summed E-state index contributed by atoms with van der Waals surface area (Å²) in [6.07, 6.45) is 13.5. The van der Waals surface area contributed by atoms with Crippen LogP contribution in [0.25, 0.3) is 0 Å². The van der Waals surface area contributed by atoms with Crippen LogP contribution < -0.4 is 0 Å². The number of hydrogen-bond acceptors (Lipinski definition) is 2. The van der Waals surface area contributed by atoms with Gasteiger partial charge in [0.05, 0.1) is 0 Å². The standard InChI is InChI=1S/C28H50N2/c1-19(29(6)7)20-12-14-26(5)22-11-10-21-24(2,3)23(30(8)9)13-15-27(21)18-28(22,27)17-16-25(20,26)4/h19-23H,10-18H2,1-9H3/t19-,20-,21+,22+,23-,25-,26+,27-,28+/m1/s1. The van der Waals surface area contributed by atoms with Gasteiger partial charge in [-0.25, -0.2) is 0 Å². The highest BCUT2D eigenvalue weighted by atomic mass is 15.1. The number of hydrogen-bond donors (Lipinski definition) is 0. The Morgan fingerprint density at radius 2 is 1.33 bits per heavy atom. The molecule has 0 heterocycles. The second-order valence-corrected chi connectivity index (χ2v) is 14.2. The Morgan fingerprint density at radius 1 is 0.700 bits per heavy atom. The first-order valence-electron chi connectivity index (χ1n) is 13.2. The van der Waals surface area contributed by atoms with Gasteiger partial charge in [0.1, 0.15) is 0 Å². The predicted octanol–water partition coefficient (Wildman–Crippen LogP) is 6.31. The van der Waals surface area contributed by atoms with Gasteiger partial charge < -0.3 is 9.80 Å². The molecule has 0 amide bonds. The first kappa shape index (κ1) is 21.7. The molecule has 0 unspecified atom stereocenters. The van der Waals surface area contributed by atoms with E-state index in [1.807, 2.05) is 0 Å². The number of fused-ring (bicyclic) bond motifs is 2. The molecule has 0 bridgehead atoms. The fourth-order valence-electron chi connectivity index (χ4n) is 11.4. The van der Waals surface area contributed by atoms with Crippen LogP contribution in [0.15, 0.2) is 0 Å². The molecule has 0 aromatic rings. The number of nitrogens with zero attached hydrogens (tertiary/aromatic N) is 2. The van der Waals surface area contributed by atoms with Gasteiger partial charge in [0.2, 0.25) is 0 Å². The molecular weight excluding hydrogens is 364 g/mol. The molecule has 2 spiro atoms. The zero-order valence-corrected chi connectivity index (χ0v) is 21.6. The first-order valence-corrected chi connectivity index (χ1v) is 13.2. The lowest BCUT2D eigenvalue weighted by Crippen LogP contribution is -2.59. The van der Waals surface area contributed by atoms with E-state index in [2.05, 4.69) is 72.6 Å². The molecular formula is C28H50N2. The van der Waals surface area contributed by atoms with E-state index in [9.17, 15) is 0 Å². The van der Waals surface area contributed by atoms with Crippen molar-refractivity contribution in [3.05, 3.63) is 0 Å². The highest BCUT2D eigenvalue weighted by Gasteiger charge is 2.82. The van der Waals surface area contributed by atoms with E-state index in [1.54, 1.807) is 12.8 Å². The van der Waals surface area contributed by atoms with E-state index in [4.69, 9.17) is 0 Å². The minimum Gasteiger partial charge on any atom is -0.306 e. The second-order valence-electron chi connectivity index (χ2n) is 14.2. The van der Waals surface area contributed by atoms with Gasteiger partial charge >= 0.3 is 0 Å². The Balaban J connectivity index is 1.48. The summed E-state index contributed by atoms with van der Waals surface area (Å²) in [4.78, 5) is 5.06. The largest absolute Gasteiger partial charge is 0.306 e. The molecule has 2 nitrogen and oxygen atoms in total. The van der Waals surface area contributed by atoms with Crippen molar-refractivity contribution >= 4 is 0 Å². The topological polar surface area (TPSA) is 6.48 Å². The van der Waals surface area contributed by atoms with Crippen LogP contribution in [0.4, 0.5) is 0 Å². The van der Waals surface area contributed by atoms with Gasteiger partial charge in [0.25, 0.3) is 0 Å². The second kappa shape index (κ2) is 6.28. The highest BCUT2D eigenvalue weighted by Crippen LogP contribution is 2.89. The van der Waals surface area contributed by atoms with E-state index >= 15 is 0 Å². The molecule has 5 aliphatic rings. The lowest BCUT2D eigenvalue weighted by atomic mass is 9.41. The van der Waals surface area contributed by atoms with Gasteiger partial charge in [-0.3, -0.25) is 0 Å². The zero-order valence-electron chi connectivity index (χ0n) is 21.6. The van der Waals surface area contributed by atoms with Gasteiger partial charge in [0, 0.05) is 12.1 Å². The van der Waals surface area contributed by atoms with Crippen molar-refractivity contribution in [2.75, 3.05) is 28.2 Å². The Labute approximate surface area is 187 Å². The Bertz CT molecular complexity index is 711. The normalized spacial score (nSPS) is 54.9. The van der Waals surface area contributed by atoms with Crippen LogP contribution in [0, 0.1) is 44.8 Å². The van der Waals surface area contributed by atoms with Crippen LogP contribution in [0.1, 0.15) is 92.4 Å². The maximum absolute atomic E-state index is 2.77. The SMILES string of the molecule is C[C@H]([C@H]1CC[C@@]2(C)[C@@H]3CC[C@H]4C(C)(C)[C@H](N(C)C)CC[C@@]45C[C@@]35CC[C@]12C)N(C)C. The molecule has 0 aromatic carbocycles. The van der Waals surface area contributed by atoms with Gasteiger partial charge in [-0.05, 0) is 138 Å². The average molecular weight is 415 g/mol. The maximum atomic E-state index is 2.77. The molecule has 0 N–H and O–H groups in total. The Hall–Kier alpha value is -0.0800. The van der Waals surface area contributed by atoms with Gasteiger partial charge in [-0.15, -0.1) is 0 Å². The van der Waals surface area contributed by atoms with E-state index in [0.29, 0.717) is 33.1 Å². The van der Waals surface area contributed by atoms with Gasteiger partial charge in [-0.1, -0.05) is 27.7 Å². The summed E-state index contributed by atoms with van der Waals surface area (Å²) in [5, 5.41) is 0. The lowest BCUT2D eigenvalue weighted by molar-refractivity contribution is -0.152. The summed E-state index contributed by atoms with van der Waals surface area (Å²) in [6.45, 7) is 13.3. The third-order valence-corrected chi connectivity index (χ3v) is 13.2. The van der Waals surface area contributed by atoms with Crippen molar-refractivity contribution in [1.82, 2.24) is 9.80 Å². The predicted molar refractivity (Wildman–Crippen MR) is 128 cm³/mol. The summed E-state index contributed by atoms with van der Waals surface area (Å²) in [6, 6.07) is 1.48. The Morgan fingerprint density at radius 3 is 1.97 bits per heavy atom. The minimum absolute atomic E-state index is 0.468. The van der Waals surface area contributed by atoms with Crippen molar-refractivity contribution in [1.29, 1.82) is 0 Å². The molecule has 5 saturated carbocycles. The molecule has 0 saturated heterocycles. The van der Waals surface area contributed by atoms with Crippen molar-refractivity contribution in [2.45, 2.75) is 104 Å². The summed E-state index contributed by atoms with van der Waals surface area (Å²) < 4.78 is 0.